The summed E-state index contributed by atoms with van der Waals surface area (Å²) < 4.78 is 4.99. The van der Waals surface area contributed by atoms with E-state index < -0.39 is 24.2 Å². The zero-order valence-electron chi connectivity index (χ0n) is 9.74. The summed E-state index contributed by atoms with van der Waals surface area (Å²) in [6.45, 7) is 0. The van der Waals surface area contributed by atoms with Crippen LogP contribution in [0.1, 0.15) is 10.4 Å². The van der Waals surface area contributed by atoms with Crippen LogP contribution in [-0.2, 0) is 9.53 Å². The van der Waals surface area contributed by atoms with E-state index in [1.807, 2.05) is 0 Å². The zero-order chi connectivity index (χ0) is 13.6. The van der Waals surface area contributed by atoms with Crippen LogP contribution in [0.5, 0.6) is 5.75 Å². The molecule has 3 atom stereocenters. The summed E-state index contributed by atoms with van der Waals surface area (Å²) in [5, 5.41) is 21.8. The van der Waals surface area contributed by atoms with Crippen molar-refractivity contribution in [2.45, 2.75) is 18.3 Å². The van der Waals surface area contributed by atoms with Crippen LogP contribution in [0.15, 0.2) is 36.0 Å². The highest BCUT2D eigenvalue weighted by Gasteiger charge is 2.53. The molecule has 0 aromatic heterocycles. The number of para-hydroxylation sites is 1. The van der Waals surface area contributed by atoms with Crippen molar-refractivity contribution in [1.29, 1.82) is 0 Å². The van der Waals surface area contributed by atoms with E-state index in [-0.39, 0.29) is 22.8 Å². The number of carbonyl (C=O) groups is 2. The van der Waals surface area contributed by atoms with Crippen molar-refractivity contribution < 1.29 is 24.5 Å². The topological polar surface area (TPSA) is 99.2 Å². The lowest BCUT2D eigenvalue weighted by molar-refractivity contribution is -0.116. The Bertz CT molecular complexity index is 594. The lowest BCUT2D eigenvalue weighted by Crippen LogP contribution is -2.37. The van der Waals surface area contributed by atoms with Crippen LogP contribution in [0.3, 0.4) is 0 Å². The van der Waals surface area contributed by atoms with Crippen molar-refractivity contribution in [2.24, 2.45) is 0 Å². The first kappa shape index (κ1) is 11.9. The molecule has 1 aromatic carbocycles. The molecular formula is C13H11NO5. The number of benzene rings is 1. The molecule has 1 saturated heterocycles. The Kier molecular flexibility index (Phi) is 2.62. The van der Waals surface area contributed by atoms with Crippen molar-refractivity contribution in [2.75, 3.05) is 0 Å². The normalized spacial score (nSPS) is 28.4. The van der Waals surface area contributed by atoms with Crippen LogP contribution in [-0.4, -0.2) is 40.2 Å². The van der Waals surface area contributed by atoms with E-state index in [4.69, 9.17) is 4.74 Å². The number of epoxide rings is 1. The lowest BCUT2D eigenvalue weighted by Gasteiger charge is -2.17. The van der Waals surface area contributed by atoms with Gasteiger partial charge in [0.25, 0.3) is 5.91 Å². The van der Waals surface area contributed by atoms with Crippen LogP contribution in [0.2, 0.25) is 0 Å². The fraction of sp³-hybridized carbons (Fsp3) is 0.231. The molecule has 2 aliphatic rings. The van der Waals surface area contributed by atoms with Crippen LogP contribution in [0.4, 0.5) is 0 Å². The SMILES string of the molecule is O=C(NC1=CC(=O)C2OC2[C@H]1O)c1ccccc1O. The Morgan fingerprint density at radius 3 is 2.79 bits per heavy atom. The number of aromatic hydroxyl groups is 1. The third-order valence-corrected chi connectivity index (χ3v) is 3.14. The van der Waals surface area contributed by atoms with Crippen LogP contribution >= 0.6 is 0 Å². The van der Waals surface area contributed by atoms with Crippen molar-refractivity contribution in [3.05, 3.63) is 41.6 Å². The summed E-state index contributed by atoms with van der Waals surface area (Å²) in [6, 6.07) is 6.02. The van der Waals surface area contributed by atoms with E-state index in [1.54, 1.807) is 12.1 Å². The molecular weight excluding hydrogens is 250 g/mol. The maximum absolute atomic E-state index is 11.9. The first-order chi connectivity index (χ1) is 9.08. The van der Waals surface area contributed by atoms with Gasteiger partial charge in [-0.15, -0.1) is 0 Å². The molecule has 0 saturated carbocycles. The quantitative estimate of drug-likeness (QED) is 0.636. The monoisotopic (exact) mass is 261 g/mol. The van der Waals surface area contributed by atoms with Crippen LogP contribution in [0, 0.1) is 0 Å². The third kappa shape index (κ3) is 2.00. The largest absolute Gasteiger partial charge is 0.507 e. The van der Waals surface area contributed by atoms with Crippen LogP contribution < -0.4 is 5.32 Å². The molecule has 6 nitrogen and oxygen atoms in total. The molecule has 3 rings (SSSR count). The Morgan fingerprint density at radius 2 is 2.05 bits per heavy atom. The summed E-state index contributed by atoms with van der Waals surface area (Å²) in [7, 11) is 0. The number of amides is 1. The first-order valence-electron chi connectivity index (χ1n) is 5.76. The van der Waals surface area contributed by atoms with Crippen molar-refractivity contribution >= 4 is 11.7 Å². The number of rotatable bonds is 2. The lowest BCUT2D eigenvalue weighted by atomic mass is 10.0. The average Bonchev–Trinajstić information content (AvgIpc) is 3.17. The van der Waals surface area contributed by atoms with Gasteiger partial charge in [0.2, 0.25) is 0 Å². The second kappa shape index (κ2) is 4.18. The number of ketones is 1. The third-order valence-electron chi connectivity index (χ3n) is 3.14. The molecule has 1 aliphatic heterocycles. The maximum Gasteiger partial charge on any atom is 0.259 e. The molecule has 0 radical (unpaired) electrons. The number of aliphatic hydroxyl groups excluding tert-OH is 1. The second-order valence-corrected chi connectivity index (χ2v) is 4.44. The Morgan fingerprint density at radius 1 is 1.32 bits per heavy atom. The van der Waals surface area contributed by atoms with Gasteiger partial charge in [-0.1, -0.05) is 12.1 Å². The van der Waals surface area contributed by atoms with E-state index in [0.717, 1.165) is 6.08 Å². The van der Waals surface area contributed by atoms with E-state index in [0.29, 0.717) is 0 Å². The van der Waals surface area contributed by atoms with Gasteiger partial charge in [-0.05, 0) is 12.1 Å². The number of phenolic OH excluding ortho intramolecular Hbond substituents is 1. The minimum absolute atomic E-state index is 0.0712. The molecule has 1 fully saturated rings. The van der Waals surface area contributed by atoms with Gasteiger partial charge in [0.15, 0.2) is 5.78 Å². The van der Waals surface area contributed by atoms with E-state index in [9.17, 15) is 19.8 Å². The maximum atomic E-state index is 11.9. The highest BCUT2D eigenvalue weighted by molar-refractivity contribution is 6.01. The zero-order valence-corrected chi connectivity index (χ0v) is 9.74. The predicted molar refractivity (Wildman–Crippen MR) is 63.3 cm³/mol. The highest BCUT2D eigenvalue weighted by atomic mass is 16.6. The van der Waals surface area contributed by atoms with E-state index in [1.165, 1.54) is 12.1 Å². The van der Waals surface area contributed by atoms with Crippen molar-refractivity contribution in [3.63, 3.8) is 0 Å². The summed E-state index contributed by atoms with van der Waals surface area (Å²) in [5.74, 6) is -1.03. The predicted octanol–water partition coefficient (Wildman–Crippen LogP) is -0.283. The minimum Gasteiger partial charge on any atom is -0.507 e. The molecule has 19 heavy (non-hydrogen) atoms. The van der Waals surface area contributed by atoms with Crippen molar-refractivity contribution in [1.82, 2.24) is 5.32 Å². The highest BCUT2D eigenvalue weighted by Crippen LogP contribution is 2.33. The molecule has 6 heteroatoms. The molecule has 3 N–H and O–H groups in total. The van der Waals surface area contributed by atoms with Gasteiger partial charge in [-0.25, -0.2) is 0 Å². The van der Waals surface area contributed by atoms with E-state index >= 15 is 0 Å². The Hall–Kier alpha value is -2.18. The average molecular weight is 261 g/mol. The molecule has 2 unspecified atom stereocenters. The van der Waals surface area contributed by atoms with Gasteiger partial charge in [0.05, 0.1) is 11.3 Å². The fourth-order valence-corrected chi connectivity index (χ4v) is 2.06. The van der Waals surface area contributed by atoms with E-state index in [2.05, 4.69) is 5.32 Å². The number of carbonyl (C=O) groups excluding carboxylic acids is 2. The summed E-state index contributed by atoms with van der Waals surface area (Å²) in [6.07, 6.45) is -1.02. The summed E-state index contributed by atoms with van der Waals surface area (Å²) >= 11 is 0. The van der Waals surface area contributed by atoms with Gasteiger partial charge < -0.3 is 20.3 Å². The molecule has 1 aromatic rings. The van der Waals surface area contributed by atoms with Gasteiger partial charge >= 0.3 is 0 Å². The number of hydrogen-bond donors (Lipinski definition) is 3. The molecule has 1 heterocycles. The molecule has 0 bridgehead atoms. The van der Waals surface area contributed by atoms with Gasteiger partial charge in [-0.2, -0.15) is 0 Å². The van der Waals surface area contributed by atoms with Gasteiger partial charge in [-0.3, -0.25) is 9.59 Å². The fourth-order valence-electron chi connectivity index (χ4n) is 2.06. The Balaban J connectivity index is 1.80. The number of nitrogens with one attached hydrogen (secondary N) is 1. The van der Waals surface area contributed by atoms with Crippen molar-refractivity contribution in [3.8, 4) is 5.75 Å². The standard InChI is InChI=1S/C13H11NO5/c15-8-4-2-1-3-6(8)13(18)14-7-5-9(16)11-12(19-11)10(7)17/h1-5,10-12,15,17H,(H,14,18)/t10-,11?,12?/m0/s1. The second-order valence-electron chi connectivity index (χ2n) is 4.44. The first-order valence-corrected chi connectivity index (χ1v) is 5.76. The number of aliphatic hydroxyl groups is 1. The number of fused-ring (bicyclic) bond motifs is 1. The number of phenols is 1. The molecule has 1 aliphatic carbocycles. The molecule has 98 valence electrons. The Labute approximate surface area is 108 Å². The minimum atomic E-state index is -1.03. The summed E-state index contributed by atoms with van der Waals surface area (Å²) in [5.41, 5.74) is 0.166. The number of ether oxygens (including phenoxy) is 1. The molecule has 1 amide bonds. The van der Waals surface area contributed by atoms with Crippen LogP contribution in [0.25, 0.3) is 0 Å². The number of hydrogen-bond acceptors (Lipinski definition) is 5. The molecule has 0 spiro atoms. The van der Waals surface area contributed by atoms with Gasteiger partial charge in [0.1, 0.15) is 24.1 Å². The summed E-state index contributed by atoms with van der Waals surface area (Å²) in [4.78, 5) is 23.4. The smallest absolute Gasteiger partial charge is 0.259 e. The van der Waals surface area contributed by atoms with Gasteiger partial charge in [0, 0.05) is 6.08 Å².